The number of hydrogen-bond acceptors (Lipinski definition) is 4. The van der Waals surface area contributed by atoms with Gasteiger partial charge in [-0.2, -0.15) is 0 Å². The molecular formula is C16H17NO5. The molecule has 0 aliphatic rings. The molecule has 2 rings (SSSR count). The zero-order chi connectivity index (χ0) is 16.1. The fraction of sp³-hybridized carbons (Fsp3) is 0.250. The minimum absolute atomic E-state index is 0.273. The van der Waals surface area contributed by atoms with Crippen LogP contribution in [0.2, 0.25) is 0 Å². The van der Waals surface area contributed by atoms with E-state index < -0.39 is 12.6 Å². The van der Waals surface area contributed by atoms with Gasteiger partial charge in [-0.15, -0.1) is 0 Å². The third kappa shape index (κ3) is 4.12. The molecule has 0 radical (unpaired) electrons. The number of carbonyl (C=O) groups is 2. The standard InChI is InChI=1S/C16H17NO5/c1-10-6-7-14(22-10)11(2)17-16(20)12-4-3-5-13(8-12)21-9-15(18)19/h3-8,11H,9H2,1-2H3,(H,17,20)(H,18,19). The lowest BCUT2D eigenvalue weighted by molar-refractivity contribution is -0.139. The van der Waals surface area contributed by atoms with Crippen LogP contribution in [-0.2, 0) is 4.79 Å². The fourth-order valence-corrected chi connectivity index (χ4v) is 1.91. The summed E-state index contributed by atoms with van der Waals surface area (Å²) in [7, 11) is 0. The normalized spacial score (nSPS) is 11.7. The van der Waals surface area contributed by atoms with Crippen LogP contribution < -0.4 is 10.1 Å². The van der Waals surface area contributed by atoms with Gasteiger partial charge in [-0.25, -0.2) is 4.79 Å². The molecule has 0 aliphatic heterocycles. The summed E-state index contributed by atoms with van der Waals surface area (Å²) in [6, 6.07) is 9.73. The van der Waals surface area contributed by atoms with Crippen molar-refractivity contribution in [2.24, 2.45) is 0 Å². The molecule has 2 N–H and O–H groups in total. The van der Waals surface area contributed by atoms with E-state index >= 15 is 0 Å². The Bertz CT molecular complexity index is 677. The average Bonchev–Trinajstić information content (AvgIpc) is 2.92. The fourth-order valence-electron chi connectivity index (χ4n) is 1.91. The third-order valence-corrected chi connectivity index (χ3v) is 2.99. The molecule has 1 atom stereocenters. The van der Waals surface area contributed by atoms with E-state index in [1.165, 1.54) is 6.07 Å². The summed E-state index contributed by atoms with van der Waals surface area (Å²) < 4.78 is 10.5. The van der Waals surface area contributed by atoms with Crippen molar-refractivity contribution in [3.63, 3.8) is 0 Å². The first-order chi connectivity index (χ1) is 10.5. The van der Waals surface area contributed by atoms with E-state index in [0.717, 1.165) is 5.76 Å². The smallest absolute Gasteiger partial charge is 0.341 e. The molecule has 1 aromatic heterocycles. The molecule has 1 unspecified atom stereocenters. The maximum Gasteiger partial charge on any atom is 0.341 e. The van der Waals surface area contributed by atoms with Crippen LogP contribution in [0, 0.1) is 6.92 Å². The Morgan fingerprint density at radius 3 is 2.73 bits per heavy atom. The van der Waals surface area contributed by atoms with Crippen LogP contribution >= 0.6 is 0 Å². The zero-order valence-corrected chi connectivity index (χ0v) is 12.3. The largest absolute Gasteiger partial charge is 0.482 e. The van der Waals surface area contributed by atoms with Crippen LogP contribution in [0.3, 0.4) is 0 Å². The van der Waals surface area contributed by atoms with E-state index in [9.17, 15) is 9.59 Å². The highest BCUT2D eigenvalue weighted by Gasteiger charge is 2.14. The maximum atomic E-state index is 12.2. The molecule has 6 nitrogen and oxygen atoms in total. The van der Waals surface area contributed by atoms with Gasteiger partial charge >= 0.3 is 5.97 Å². The van der Waals surface area contributed by atoms with Crippen molar-refractivity contribution >= 4 is 11.9 Å². The lowest BCUT2D eigenvalue weighted by atomic mass is 10.1. The summed E-state index contributed by atoms with van der Waals surface area (Å²) in [5.74, 6) is 0.417. The molecule has 6 heteroatoms. The third-order valence-electron chi connectivity index (χ3n) is 2.99. The molecule has 0 fully saturated rings. The summed E-state index contributed by atoms with van der Waals surface area (Å²) in [5, 5.41) is 11.4. The number of furan rings is 1. The summed E-state index contributed by atoms with van der Waals surface area (Å²) >= 11 is 0. The van der Waals surface area contributed by atoms with Crippen LogP contribution in [-0.4, -0.2) is 23.6 Å². The molecule has 0 bridgehead atoms. The van der Waals surface area contributed by atoms with Gasteiger partial charge in [-0.1, -0.05) is 6.07 Å². The van der Waals surface area contributed by atoms with Gasteiger partial charge in [-0.05, 0) is 44.2 Å². The molecule has 0 aliphatic carbocycles. The quantitative estimate of drug-likeness (QED) is 0.856. The Labute approximate surface area is 127 Å². The number of carbonyl (C=O) groups excluding carboxylic acids is 1. The molecule has 2 aromatic rings. The summed E-state index contributed by atoms with van der Waals surface area (Å²) in [6.45, 7) is 3.20. The Morgan fingerprint density at radius 2 is 2.09 bits per heavy atom. The maximum absolute atomic E-state index is 12.2. The summed E-state index contributed by atoms with van der Waals surface area (Å²) in [5.41, 5.74) is 0.387. The van der Waals surface area contributed by atoms with Crippen molar-refractivity contribution in [1.82, 2.24) is 5.32 Å². The van der Waals surface area contributed by atoms with Crippen molar-refractivity contribution in [2.45, 2.75) is 19.9 Å². The van der Waals surface area contributed by atoms with E-state index in [0.29, 0.717) is 17.1 Å². The first-order valence-electron chi connectivity index (χ1n) is 6.77. The Morgan fingerprint density at radius 1 is 1.32 bits per heavy atom. The molecule has 1 amide bonds. The number of aryl methyl sites for hydroxylation is 1. The van der Waals surface area contributed by atoms with Gasteiger partial charge in [0.2, 0.25) is 0 Å². The number of aliphatic carboxylic acids is 1. The number of carboxylic acid groups (broad SMARTS) is 1. The van der Waals surface area contributed by atoms with Crippen LogP contribution in [0.5, 0.6) is 5.75 Å². The van der Waals surface area contributed by atoms with E-state index in [1.54, 1.807) is 18.2 Å². The van der Waals surface area contributed by atoms with E-state index in [4.69, 9.17) is 14.3 Å². The zero-order valence-electron chi connectivity index (χ0n) is 12.3. The first-order valence-corrected chi connectivity index (χ1v) is 6.77. The minimum Gasteiger partial charge on any atom is -0.482 e. The summed E-state index contributed by atoms with van der Waals surface area (Å²) in [4.78, 5) is 22.7. The second-order valence-electron chi connectivity index (χ2n) is 4.85. The average molecular weight is 303 g/mol. The minimum atomic E-state index is -1.07. The number of amides is 1. The van der Waals surface area contributed by atoms with Gasteiger partial charge in [-0.3, -0.25) is 4.79 Å². The van der Waals surface area contributed by atoms with Crippen molar-refractivity contribution < 1.29 is 23.8 Å². The molecule has 22 heavy (non-hydrogen) atoms. The second kappa shape index (κ2) is 6.80. The molecule has 0 saturated heterocycles. The lowest BCUT2D eigenvalue weighted by Gasteiger charge is -2.12. The Balaban J connectivity index is 2.02. The number of hydrogen-bond donors (Lipinski definition) is 2. The number of nitrogens with one attached hydrogen (secondary N) is 1. The van der Waals surface area contributed by atoms with Gasteiger partial charge in [0.15, 0.2) is 6.61 Å². The highest BCUT2D eigenvalue weighted by atomic mass is 16.5. The Kier molecular flexibility index (Phi) is 4.83. The molecule has 0 spiro atoms. The number of rotatable bonds is 6. The van der Waals surface area contributed by atoms with Crippen LogP contribution in [0.4, 0.5) is 0 Å². The molecule has 0 saturated carbocycles. The predicted octanol–water partition coefficient (Wildman–Crippen LogP) is 2.54. The highest BCUT2D eigenvalue weighted by Crippen LogP contribution is 2.18. The van der Waals surface area contributed by atoms with Crippen molar-refractivity contribution in [1.29, 1.82) is 0 Å². The molecule has 1 aromatic carbocycles. The van der Waals surface area contributed by atoms with Crippen LogP contribution in [0.1, 0.15) is 34.8 Å². The van der Waals surface area contributed by atoms with Gasteiger partial charge in [0.25, 0.3) is 5.91 Å². The van der Waals surface area contributed by atoms with Gasteiger partial charge in [0.1, 0.15) is 17.3 Å². The van der Waals surface area contributed by atoms with Crippen LogP contribution in [0.25, 0.3) is 0 Å². The highest BCUT2D eigenvalue weighted by molar-refractivity contribution is 5.94. The second-order valence-corrected chi connectivity index (χ2v) is 4.85. The van der Waals surface area contributed by atoms with Crippen LogP contribution in [0.15, 0.2) is 40.8 Å². The Hall–Kier alpha value is -2.76. The van der Waals surface area contributed by atoms with E-state index in [1.807, 2.05) is 26.0 Å². The number of carboxylic acids is 1. The number of benzene rings is 1. The summed E-state index contributed by atoms with van der Waals surface area (Å²) in [6.07, 6.45) is 0. The SMILES string of the molecule is Cc1ccc(C(C)NC(=O)c2cccc(OCC(=O)O)c2)o1. The van der Waals surface area contributed by atoms with Crippen molar-refractivity contribution in [2.75, 3.05) is 6.61 Å². The number of ether oxygens (including phenoxy) is 1. The monoisotopic (exact) mass is 303 g/mol. The van der Waals surface area contributed by atoms with Gasteiger partial charge < -0.3 is 19.6 Å². The molecule has 1 heterocycles. The predicted molar refractivity (Wildman–Crippen MR) is 78.9 cm³/mol. The van der Waals surface area contributed by atoms with Crippen molar-refractivity contribution in [3.05, 3.63) is 53.5 Å². The first kappa shape index (κ1) is 15.6. The van der Waals surface area contributed by atoms with Crippen molar-refractivity contribution in [3.8, 4) is 5.75 Å². The topological polar surface area (TPSA) is 88.8 Å². The van der Waals surface area contributed by atoms with E-state index in [-0.39, 0.29) is 11.9 Å². The lowest BCUT2D eigenvalue weighted by Crippen LogP contribution is -2.26. The van der Waals surface area contributed by atoms with Gasteiger partial charge in [0.05, 0.1) is 6.04 Å². The molecular weight excluding hydrogens is 286 g/mol. The van der Waals surface area contributed by atoms with E-state index in [2.05, 4.69) is 5.32 Å². The molecule has 116 valence electrons. The van der Waals surface area contributed by atoms with Gasteiger partial charge in [0, 0.05) is 5.56 Å².